The molecule has 1 rings (SSSR count). The number of hydrogen-bond acceptors (Lipinski definition) is 2. The Morgan fingerprint density at radius 1 is 1.80 bits per heavy atom. The molecule has 1 aromatic rings. The van der Waals surface area contributed by atoms with Gasteiger partial charge in [0.1, 0.15) is 17.6 Å². The molecule has 3 nitrogen and oxygen atoms in total. The molecular formula is C6H4FN2O. The first-order chi connectivity index (χ1) is 4.72. The molecule has 0 fully saturated rings. The first-order valence-corrected chi connectivity index (χ1v) is 2.54. The van der Waals surface area contributed by atoms with Gasteiger partial charge >= 0.3 is 0 Å². The zero-order valence-electron chi connectivity index (χ0n) is 4.97. The van der Waals surface area contributed by atoms with Crippen molar-refractivity contribution >= 4 is 5.91 Å². The molecule has 1 amide bonds. The highest BCUT2D eigenvalue weighted by atomic mass is 19.1. The minimum Gasteiger partial charge on any atom is -0.365 e. The quantitative estimate of drug-likeness (QED) is 0.600. The van der Waals surface area contributed by atoms with E-state index in [-0.39, 0.29) is 5.56 Å². The SMILES string of the molecule is NC(=O)c1[c]nccc1F. The molecule has 0 unspecified atom stereocenters. The van der Waals surface area contributed by atoms with Crippen molar-refractivity contribution in [3.05, 3.63) is 29.8 Å². The second kappa shape index (κ2) is 2.43. The van der Waals surface area contributed by atoms with Crippen molar-refractivity contribution in [2.75, 3.05) is 0 Å². The smallest absolute Gasteiger partial charge is 0.253 e. The Labute approximate surface area is 56.7 Å². The Morgan fingerprint density at radius 2 is 2.50 bits per heavy atom. The Bertz CT molecular complexity index is 262. The van der Waals surface area contributed by atoms with E-state index in [1.54, 1.807) is 0 Å². The first-order valence-electron chi connectivity index (χ1n) is 2.54. The summed E-state index contributed by atoms with van der Waals surface area (Å²) in [5.74, 6) is -1.55. The van der Waals surface area contributed by atoms with E-state index in [1.165, 1.54) is 6.20 Å². The van der Waals surface area contributed by atoms with Gasteiger partial charge in [0.2, 0.25) is 0 Å². The molecule has 4 heteroatoms. The van der Waals surface area contributed by atoms with E-state index < -0.39 is 11.7 Å². The first kappa shape index (κ1) is 6.67. The molecule has 51 valence electrons. The van der Waals surface area contributed by atoms with Crippen LogP contribution in [0.4, 0.5) is 4.39 Å². The average molecular weight is 139 g/mol. The molecule has 0 atom stereocenters. The monoisotopic (exact) mass is 139 g/mol. The number of primary amides is 1. The van der Waals surface area contributed by atoms with Crippen molar-refractivity contribution < 1.29 is 9.18 Å². The minimum absolute atomic E-state index is 0.303. The van der Waals surface area contributed by atoms with Crippen molar-refractivity contribution in [2.45, 2.75) is 0 Å². The van der Waals surface area contributed by atoms with Gasteiger partial charge in [-0.1, -0.05) is 0 Å². The third-order valence-corrected chi connectivity index (χ3v) is 0.957. The molecule has 0 saturated carbocycles. The van der Waals surface area contributed by atoms with Gasteiger partial charge in [-0.25, -0.2) is 4.39 Å². The molecule has 0 bridgehead atoms. The van der Waals surface area contributed by atoms with Gasteiger partial charge in [-0.2, -0.15) is 0 Å². The van der Waals surface area contributed by atoms with Crippen LogP contribution < -0.4 is 5.73 Å². The summed E-state index contributed by atoms with van der Waals surface area (Å²) in [4.78, 5) is 13.7. The van der Waals surface area contributed by atoms with E-state index in [0.717, 1.165) is 6.07 Å². The Hall–Kier alpha value is -1.45. The number of rotatable bonds is 1. The minimum atomic E-state index is -0.856. The number of halogens is 1. The van der Waals surface area contributed by atoms with Crippen molar-refractivity contribution in [3.63, 3.8) is 0 Å². The predicted molar refractivity (Wildman–Crippen MR) is 31.5 cm³/mol. The van der Waals surface area contributed by atoms with Gasteiger partial charge in [-0.15, -0.1) is 0 Å². The zero-order valence-corrected chi connectivity index (χ0v) is 4.97. The molecule has 1 heterocycles. The molecular weight excluding hydrogens is 135 g/mol. The summed E-state index contributed by atoms with van der Waals surface area (Å²) in [7, 11) is 0. The van der Waals surface area contributed by atoms with Gasteiger partial charge in [0.15, 0.2) is 0 Å². The second-order valence-electron chi connectivity index (χ2n) is 1.64. The summed E-state index contributed by atoms with van der Waals surface area (Å²) in [5, 5.41) is 0. The fourth-order valence-electron chi connectivity index (χ4n) is 0.514. The largest absolute Gasteiger partial charge is 0.365 e. The number of pyridine rings is 1. The highest BCUT2D eigenvalue weighted by Crippen LogP contribution is 2.00. The van der Waals surface area contributed by atoms with Crippen LogP contribution in [0.25, 0.3) is 0 Å². The lowest BCUT2D eigenvalue weighted by Gasteiger charge is -1.92. The molecule has 0 aromatic carbocycles. The van der Waals surface area contributed by atoms with E-state index in [4.69, 9.17) is 5.73 Å². The van der Waals surface area contributed by atoms with Crippen LogP contribution in [0.15, 0.2) is 12.3 Å². The maximum atomic E-state index is 12.5. The van der Waals surface area contributed by atoms with E-state index in [2.05, 4.69) is 11.2 Å². The lowest BCUT2D eigenvalue weighted by molar-refractivity contribution is 0.0996. The summed E-state index contributed by atoms with van der Waals surface area (Å²) in [6.07, 6.45) is 3.33. The molecule has 0 saturated heterocycles. The number of carbonyl (C=O) groups is 1. The van der Waals surface area contributed by atoms with E-state index in [1.807, 2.05) is 0 Å². The van der Waals surface area contributed by atoms with Crippen LogP contribution >= 0.6 is 0 Å². The van der Waals surface area contributed by atoms with Gasteiger partial charge in [0, 0.05) is 6.20 Å². The van der Waals surface area contributed by atoms with Gasteiger partial charge < -0.3 is 5.73 Å². The number of nitrogens with zero attached hydrogens (tertiary/aromatic N) is 1. The van der Waals surface area contributed by atoms with Crippen LogP contribution in [0.2, 0.25) is 0 Å². The molecule has 10 heavy (non-hydrogen) atoms. The number of aromatic nitrogens is 1. The normalized spacial score (nSPS) is 9.30. The number of amides is 1. The van der Waals surface area contributed by atoms with Crippen molar-refractivity contribution in [1.29, 1.82) is 0 Å². The van der Waals surface area contributed by atoms with Crippen LogP contribution in [0.3, 0.4) is 0 Å². The summed E-state index contributed by atoms with van der Waals surface area (Å²) in [5.41, 5.74) is 4.46. The molecule has 0 aliphatic heterocycles. The standard InChI is InChI=1S/C6H4FN2O/c7-5-1-2-9-3-4(5)6(8)10/h1-2H,(H2,8,10). The number of carbonyl (C=O) groups excluding carboxylic acids is 1. The maximum Gasteiger partial charge on any atom is 0.253 e. The van der Waals surface area contributed by atoms with Crippen LogP contribution in [-0.4, -0.2) is 10.9 Å². The molecule has 2 N–H and O–H groups in total. The van der Waals surface area contributed by atoms with Gasteiger partial charge in [0.25, 0.3) is 5.91 Å². The second-order valence-corrected chi connectivity index (χ2v) is 1.64. The van der Waals surface area contributed by atoms with E-state index in [0.29, 0.717) is 0 Å². The van der Waals surface area contributed by atoms with Gasteiger partial charge in [-0.3, -0.25) is 9.78 Å². The van der Waals surface area contributed by atoms with Crippen LogP contribution in [0, 0.1) is 12.0 Å². The summed E-state index contributed by atoms with van der Waals surface area (Å²) < 4.78 is 12.5. The highest BCUT2D eigenvalue weighted by Gasteiger charge is 2.06. The van der Waals surface area contributed by atoms with Crippen LogP contribution in [0.5, 0.6) is 0 Å². The van der Waals surface area contributed by atoms with Crippen molar-refractivity contribution in [1.82, 2.24) is 4.98 Å². The Kier molecular flexibility index (Phi) is 1.62. The molecule has 0 spiro atoms. The summed E-state index contributed by atoms with van der Waals surface area (Å²) in [6.45, 7) is 0. The number of hydrogen-bond donors (Lipinski definition) is 1. The Morgan fingerprint density at radius 3 is 2.90 bits per heavy atom. The third-order valence-electron chi connectivity index (χ3n) is 0.957. The van der Waals surface area contributed by atoms with Gasteiger partial charge in [-0.05, 0) is 6.07 Å². The van der Waals surface area contributed by atoms with Crippen molar-refractivity contribution in [3.8, 4) is 0 Å². The molecule has 0 aliphatic carbocycles. The molecule has 0 aliphatic rings. The molecule has 1 radical (unpaired) electrons. The number of nitrogens with two attached hydrogens (primary N) is 1. The van der Waals surface area contributed by atoms with Crippen LogP contribution in [0.1, 0.15) is 10.4 Å². The lowest BCUT2D eigenvalue weighted by Crippen LogP contribution is -2.13. The zero-order chi connectivity index (χ0) is 7.56. The highest BCUT2D eigenvalue weighted by molar-refractivity contribution is 5.92. The maximum absolute atomic E-state index is 12.5. The third kappa shape index (κ3) is 1.10. The summed E-state index contributed by atoms with van der Waals surface area (Å²) in [6, 6.07) is 1.05. The average Bonchev–Trinajstić information content (AvgIpc) is 1.88. The van der Waals surface area contributed by atoms with Gasteiger partial charge in [0.05, 0.1) is 0 Å². The fraction of sp³-hybridized carbons (Fsp3) is 0. The Balaban J connectivity index is 3.15. The van der Waals surface area contributed by atoms with Crippen LogP contribution in [-0.2, 0) is 0 Å². The fourth-order valence-corrected chi connectivity index (χ4v) is 0.514. The van der Waals surface area contributed by atoms with Crippen molar-refractivity contribution in [2.24, 2.45) is 5.73 Å². The molecule has 1 aromatic heterocycles. The van der Waals surface area contributed by atoms with E-state index >= 15 is 0 Å². The predicted octanol–water partition coefficient (Wildman–Crippen LogP) is 0.120. The lowest BCUT2D eigenvalue weighted by atomic mass is 10.3. The topological polar surface area (TPSA) is 56.0 Å². The van der Waals surface area contributed by atoms with E-state index in [9.17, 15) is 9.18 Å². The summed E-state index contributed by atoms with van der Waals surface area (Å²) >= 11 is 0.